The first-order valence-corrected chi connectivity index (χ1v) is 12.6. The molecule has 2 aromatic heterocycles. The van der Waals surface area contributed by atoms with Gasteiger partial charge in [-0.3, -0.25) is 4.57 Å². The van der Waals surface area contributed by atoms with Crippen molar-refractivity contribution in [2.75, 3.05) is 0 Å². The summed E-state index contributed by atoms with van der Waals surface area (Å²) in [6.07, 6.45) is -12.8. The Morgan fingerprint density at radius 2 is 1.60 bits per heavy atom. The molecule has 2 aromatic carbocycles. The van der Waals surface area contributed by atoms with Gasteiger partial charge in [-0.2, -0.15) is 26.3 Å². The first-order chi connectivity index (χ1) is 19.9. The Morgan fingerprint density at radius 1 is 1.02 bits per heavy atom. The van der Waals surface area contributed by atoms with Gasteiger partial charge in [0.1, 0.15) is 12.4 Å². The van der Waals surface area contributed by atoms with E-state index >= 15 is 0 Å². The van der Waals surface area contributed by atoms with Crippen LogP contribution in [-0.4, -0.2) is 63.8 Å². The van der Waals surface area contributed by atoms with E-state index < -0.39 is 42.7 Å². The lowest BCUT2D eigenvalue weighted by molar-refractivity contribution is -0.207. The average molecular weight is 656 g/mol. The summed E-state index contributed by atoms with van der Waals surface area (Å²) < 4.78 is 74.1. The summed E-state index contributed by atoms with van der Waals surface area (Å²) in [5.74, 6) is -2.35. The van der Waals surface area contributed by atoms with Crippen molar-refractivity contribution in [2.24, 2.45) is 5.73 Å². The lowest BCUT2D eigenvalue weighted by Crippen LogP contribution is -2.37. The maximum absolute atomic E-state index is 13.1. The van der Waals surface area contributed by atoms with Gasteiger partial charge >= 0.3 is 24.0 Å². The van der Waals surface area contributed by atoms with Crippen molar-refractivity contribution < 1.29 is 41.4 Å². The van der Waals surface area contributed by atoms with Crippen LogP contribution in [0.3, 0.4) is 0 Å². The van der Waals surface area contributed by atoms with Crippen molar-refractivity contribution in [1.82, 2.24) is 29.1 Å². The summed E-state index contributed by atoms with van der Waals surface area (Å²) in [6, 6.07) is 12.3. The van der Waals surface area contributed by atoms with Crippen LogP contribution in [-0.2, 0) is 17.9 Å². The number of nitrogens with zero attached hydrogens (tertiary/aromatic N) is 6. The second kappa shape index (κ2) is 13.2. The number of alkyl halides is 6. The van der Waals surface area contributed by atoms with Crippen LogP contribution in [0.15, 0.2) is 53.3 Å². The zero-order valence-corrected chi connectivity index (χ0v) is 23.2. The van der Waals surface area contributed by atoms with Crippen molar-refractivity contribution in [3.63, 3.8) is 0 Å². The van der Waals surface area contributed by atoms with Crippen LogP contribution < -0.4 is 11.4 Å². The second-order valence-electron chi connectivity index (χ2n) is 8.78. The molecule has 0 bridgehead atoms. The Morgan fingerprint density at radius 3 is 2.12 bits per heavy atom. The fraction of sp³-hybridized carbons (Fsp3) is 0.292. The van der Waals surface area contributed by atoms with Gasteiger partial charge in [-0.05, 0) is 43.3 Å². The molecule has 0 saturated carbocycles. The van der Waals surface area contributed by atoms with Gasteiger partial charge in [0.15, 0.2) is 17.8 Å². The van der Waals surface area contributed by atoms with Gasteiger partial charge < -0.3 is 15.9 Å². The van der Waals surface area contributed by atoms with Crippen LogP contribution in [0.4, 0.5) is 26.3 Å². The Kier molecular flexibility index (Phi) is 10.3. The van der Waals surface area contributed by atoms with Gasteiger partial charge in [0.25, 0.3) is 0 Å². The van der Waals surface area contributed by atoms with Gasteiger partial charge in [-0.25, -0.2) is 23.9 Å². The topological polar surface area (TPSA) is 154 Å². The highest BCUT2D eigenvalue weighted by molar-refractivity contribution is 6.32. The summed E-state index contributed by atoms with van der Waals surface area (Å²) >= 11 is 12.2. The number of carboxylic acids is 1. The standard InChI is InChI=1S/C22H20Cl2F3N7O2.C2HF3O2/c1-12(28)19-29-18(30-34(19)16-5-3-2-4-15(16)24)11-33-21(36)32(10-17(35)22(25,26)27)20(31-33)13-6-8-14(23)9-7-13;3-2(4,5)1(6)7/h2-9,12,17,35H,10-11,28H2,1H3;(H,6,7)/t12?,17-;/m0./s1. The maximum Gasteiger partial charge on any atom is 0.490 e. The van der Waals surface area contributed by atoms with Crippen LogP contribution in [0.2, 0.25) is 10.0 Å². The summed E-state index contributed by atoms with van der Waals surface area (Å²) in [7, 11) is 0. The fourth-order valence-electron chi connectivity index (χ4n) is 3.46. The highest BCUT2D eigenvalue weighted by Gasteiger charge is 2.40. The van der Waals surface area contributed by atoms with Crippen molar-refractivity contribution in [1.29, 1.82) is 0 Å². The molecule has 0 fully saturated rings. The number of aliphatic hydroxyl groups is 1. The number of carboxylic acid groups (broad SMARTS) is 1. The number of para-hydroxylation sites is 1. The Labute approximate surface area is 247 Å². The molecular formula is C24H21Cl2F6N7O4. The molecule has 11 nitrogen and oxygen atoms in total. The smallest absolute Gasteiger partial charge is 0.475 e. The summed E-state index contributed by atoms with van der Waals surface area (Å²) in [6.45, 7) is 0.373. The quantitative estimate of drug-likeness (QED) is 0.250. The number of hydrogen-bond acceptors (Lipinski definition) is 7. The summed E-state index contributed by atoms with van der Waals surface area (Å²) in [5, 5.41) is 26.2. The number of aliphatic hydroxyl groups excluding tert-OH is 1. The number of rotatable bonds is 7. The highest BCUT2D eigenvalue weighted by atomic mass is 35.5. The van der Waals surface area contributed by atoms with E-state index in [4.69, 9.17) is 38.8 Å². The number of aliphatic carboxylic acids is 1. The van der Waals surface area contributed by atoms with Gasteiger partial charge in [-0.15, -0.1) is 10.2 Å². The van der Waals surface area contributed by atoms with E-state index in [2.05, 4.69) is 15.2 Å². The van der Waals surface area contributed by atoms with Crippen molar-refractivity contribution in [3.05, 3.63) is 80.7 Å². The third kappa shape index (κ3) is 8.34. The number of carbonyl (C=O) groups is 1. The molecule has 2 atom stereocenters. The van der Waals surface area contributed by atoms with Gasteiger partial charge in [0.2, 0.25) is 0 Å². The molecule has 0 aliphatic heterocycles. The lowest BCUT2D eigenvalue weighted by Gasteiger charge is -2.15. The molecular weight excluding hydrogens is 635 g/mol. The second-order valence-corrected chi connectivity index (χ2v) is 9.62. The molecule has 19 heteroatoms. The van der Waals surface area contributed by atoms with E-state index in [1.807, 2.05) is 0 Å². The van der Waals surface area contributed by atoms with Crippen LogP contribution >= 0.6 is 23.2 Å². The third-order valence-corrected chi connectivity index (χ3v) is 6.03. The van der Waals surface area contributed by atoms with E-state index in [0.29, 0.717) is 27.1 Å². The van der Waals surface area contributed by atoms with E-state index in [-0.39, 0.29) is 18.2 Å². The zero-order chi connectivity index (χ0) is 32.3. The minimum Gasteiger partial charge on any atom is -0.475 e. The van der Waals surface area contributed by atoms with Crippen molar-refractivity contribution in [2.45, 2.75) is 44.5 Å². The SMILES string of the molecule is CC(N)c1nc(Cn2nc(-c3ccc(Cl)cc3)n(C[C@H](O)C(F)(F)F)c2=O)nn1-c1ccccc1Cl.O=C(O)C(F)(F)F. The number of hydrogen-bond donors (Lipinski definition) is 3. The Bertz CT molecular complexity index is 1630. The number of aromatic nitrogens is 6. The first kappa shape index (κ1) is 33.6. The molecule has 0 aliphatic rings. The molecule has 0 saturated heterocycles. The molecule has 1 unspecified atom stereocenters. The lowest BCUT2D eigenvalue weighted by atomic mass is 10.2. The Hall–Kier alpha value is -3.93. The zero-order valence-electron chi connectivity index (χ0n) is 21.7. The summed E-state index contributed by atoms with van der Waals surface area (Å²) in [5.41, 5.74) is 6.00. The van der Waals surface area contributed by atoms with E-state index in [0.717, 1.165) is 9.25 Å². The largest absolute Gasteiger partial charge is 0.490 e. The molecule has 0 aliphatic carbocycles. The third-order valence-electron chi connectivity index (χ3n) is 5.46. The molecule has 4 N–H and O–H groups in total. The average Bonchev–Trinajstić information content (AvgIpc) is 3.46. The molecule has 2 heterocycles. The molecule has 4 rings (SSSR count). The van der Waals surface area contributed by atoms with Gasteiger partial charge in [0, 0.05) is 10.6 Å². The van der Waals surface area contributed by atoms with Crippen molar-refractivity contribution >= 4 is 29.2 Å². The van der Waals surface area contributed by atoms with Gasteiger partial charge in [0.05, 0.1) is 23.3 Å². The number of benzene rings is 2. The van der Waals surface area contributed by atoms with Crippen LogP contribution in [0, 0.1) is 0 Å². The van der Waals surface area contributed by atoms with E-state index in [1.165, 1.54) is 28.9 Å². The Balaban J connectivity index is 0.000000646. The predicted molar refractivity (Wildman–Crippen MR) is 141 cm³/mol. The summed E-state index contributed by atoms with van der Waals surface area (Å²) in [4.78, 5) is 26.4. The van der Waals surface area contributed by atoms with Crippen molar-refractivity contribution in [3.8, 4) is 17.1 Å². The molecule has 0 spiro atoms. The normalized spacial score (nSPS) is 13.3. The molecule has 4 aromatic rings. The molecule has 0 radical (unpaired) electrons. The minimum absolute atomic E-state index is 0.0853. The molecule has 0 amide bonds. The van der Waals surface area contributed by atoms with Crippen LogP contribution in [0.5, 0.6) is 0 Å². The number of halogens is 8. The first-order valence-electron chi connectivity index (χ1n) is 11.8. The minimum atomic E-state index is -5.08. The molecule has 43 heavy (non-hydrogen) atoms. The highest BCUT2D eigenvalue weighted by Crippen LogP contribution is 2.25. The van der Waals surface area contributed by atoms with Crippen LogP contribution in [0.1, 0.15) is 24.6 Å². The van der Waals surface area contributed by atoms with E-state index in [1.54, 1.807) is 31.2 Å². The number of nitrogens with two attached hydrogens (primary N) is 1. The monoisotopic (exact) mass is 655 g/mol. The maximum atomic E-state index is 13.1. The molecule has 232 valence electrons. The van der Waals surface area contributed by atoms with E-state index in [9.17, 15) is 36.2 Å². The van der Waals surface area contributed by atoms with Crippen LogP contribution in [0.25, 0.3) is 17.1 Å². The van der Waals surface area contributed by atoms with Gasteiger partial charge in [-0.1, -0.05) is 35.3 Å². The fourth-order valence-corrected chi connectivity index (χ4v) is 3.80. The predicted octanol–water partition coefficient (Wildman–Crippen LogP) is 4.22.